The van der Waals surface area contributed by atoms with Gasteiger partial charge in [0.25, 0.3) is 0 Å². The van der Waals surface area contributed by atoms with Crippen LogP contribution in [0.2, 0.25) is 0 Å². The van der Waals surface area contributed by atoms with Gasteiger partial charge in [-0.05, 0) is 36.0 Å². The second kappa shape index (κ2) is 9.25. The maximum atomic E-state index is 13.2. The van der Waals surface area contributed by atoms with Crippen LogP contribution >= 0.6 is 0 Å². The Morgan fingerprint density at radius 3 is 2.48 bits per heavy atom. The van der Waals surface area contributed by atoms with Crippen LogP contribution in [0.4, 0.5) is 0 Å². The van der Waals surface area contributed by atoms with E-state index in [0.29, 0.717) is 39.2 Å². The number of carbonyl (C=O) groups is 2. The molecule has 1 spiro atoms. The fourth-order valence-electron chi connectivity index (χ4n) is 5.33. The Bertz CT molecular complexity index is 1000. The van der Waals surface area contributed by atoms with Crippen molar-refractivity contribution in [2.45, 2.75) is 43.6 Å². The first-order chi connectivity index (χ1) is 16.1. The molecule has 3 aliphatic rings. The van der Waals surface area contributed by atoms with E-state index >= 15 is 0 Å². The number of amides is 2. The monoisotopic (exact) mass is 449 g/mol. The SMILES string of the molecule is O=C(CN[C@@H](C(=O)N1CCC(O)C1)c1ccccc1)N1CCC2(CC1)OCc1ccccc12. The van der Waals surface area contributed by atoms with Gasteiger partial charge in [0.2, 0.25) is 11.8 Å². The predicted octanol–water partition coefficient (Wildman–Crippen LogP) is 1.96. The molecule has 2 atom stereocenters. The van der Waals surface area contributed by atoms with Crippen LogP contribution in [0.5, 0.6) is 0 Å². The summed E-state index contributed by atoms with van der Waals surface area (Å²) in [5.74, 6) is -0.106. The fraction of sp³-hybridized carbons (Fsp3) is 0.462. The number of nitrogens with zero attached hydrogens (tertiary/aromatic N) is 2. The molecule has 2 amide bonds. The minimum absolute atomic E-state index is 0.00804. The Morgan fingerprint density at radius 2 is 1.76 bits per heavy atom. The summed E-state index contributed by atoms with van der Waals surface area (Å²) in [5, 5.41) is 13.1. The van der Waals surface area contributed by atoms with Crippen LogP contribution in [0.3, 0.4) is 0 Å². The molecule has 2 fully saturated rings. The highest BCUT2D eigenvalue weighted by atomic mass is 16.5. The Balaban J connectivity index is 1.21. The molecule has 0 aliphatic carbocycles. The Kier molecular flexibility index (Phi) is 6.19. The second-order valence-electron chi connectivity index (χ2n) is 9.27. The first-order valence-electron chi connectivity index (χ1n) is 11.8. The second-order valence-corrected chi connectivity index (χ2v) is 9.27. The van der Waals surface area contributed by atoms with Gasteiger partial charge < -0.3 is 19.6 Å². The molecular formula is C26H31N3O4. The molecular weight excluding hydrogens is 418 g/mol. The Morgan fingerprint density at radius 1 is 1.03 bits per heavy atom. The largest absolute Gasteiger partial charge is 0.391 e. The Hall–Kier alpha value is -2.74. The van der Waals surface area contributed by atoms with E-state index in [1.165, 1.54) is 11.1 Å². The van der Waals surface area contributed by atoms with Gasteiger partial charge in [-0.3, -0.25) is 14.9 Å². The minimum atomic E-state index is -0.610. The van der Waals surface area contributed by atoms with Gasteiger partial charge in [-0.2, -0.15) is 0 Å². The van der Waals surface area contributed by atoms with Crippen LogP contribution in [-0.2, 0) is 26.5 Å². The van der Waals surface area contributed by atoms with Gasteiger partial charge in [-0.1, -0.05) is 54.6 Å². The number of rotatable bonds is 5. The minimum Gasteiger partial charge on any atom is -0.391 e. The van der Waals surface area contributed by atoms with Gasteiger partial charge in [0, 0.05) is 26.2 Å². The highest BCUT2D eigenvalue weighted by molar-refractivity contribution is 5.85. The summed E-state index contributed by atoms with van der Waals surface area (Å²) in [4.78, 5) is 29.8. The molecule has 5 rings (SSSR count). The van der Waals surface area contributed by atoms with Crippen LogP contribution in [0, 0.1) is 0 Å². The number of fused-ring (bicyclic) bond motifs is 2. The zero-order valence-corrected chi connectivity index (χ0v) is 18.8. The molecule has 2 aromatic rings. The third-order valence-corrected chi connectivity index (χ3v) is 7.25. The maximum absolute atomic E-state index is 13.2. The Labute approximate surface area is 194 Å². The number of hydrogen-bond acceptors (Lipinski definition) is 5. The number of hydrogen-bond donors (Lipinski definition) is 2. The summed E-state index contributed by atoms with van der Waals surface area (Å²) in [6, 6.07) is 17.2. The van der Waals surface area contributed by atoms with Gasteiger partial charge in [0.1, 0.15) is 6.04 Å². The van der Waals surface area contributed by atoms with Crippen LogP contribution in [0.25, 0.3) is 0 Å². The summed E-state index contributed by atoms with van der Waals surface area (Å²) < 4.78 is 6.21. The summed E-state index contributed by atoms with van der Waals surface area (Å²) >= 11 is 0. The van der Waals surface area contributed by atoms with E-state index in [1.54, 1.807) is 4.90 Å². The molecule has 2 saturated heterocycles. The quantitative estimate of drug-likeness (QED) is 0.729. The van der Waals surface area contributed by atoms with Crippen LogP contribution in [0.1, 0.15) is 42.0 Å². The number of aliphatic hydroxyl groups excluding tert-OH is 1. The number of likely N-dealkylation sites (tertiary alicyclic amines) is 2. The first kappa shape index (κ1) is 22.1. The molecule has 2 N–H and O–H groups in total. The van der Waals surface area contributed by atoms with E-state index in [9.17, 15) is 14.7 Å². The van der Waals surface area contributed by atoms with E-state index < -0.39 is 12.1 Å². The van der Waals surface area contributed by atoms with Gasteiger partial charge in [0.05, 0.1) is 24.9 Å². The highest BCUT2D eigenvalue weighted by Gasteiger charge is 2.43. The third kappa shape index (κ3) is 4.40. The molecule has 1 unspecified atom stereocenters. The van der Waals surface area contributed by atoms with Gasteiger partial charge in [-0.25, -0.2) is 0 Å². The number of ether oxygens (including phenoxy) is 1. The molecule has 7 nitrogen and oxygen atoms in total. The number of aliphatic hydroxyl groups is 1. The first-order valence-corrected chi connectivity index (χ1v) is 11.8. The fourth-order valence-corrected chi connectivity index (χ4v) is 5.33. The normalized spacial score (nSPS) is 22.4. The zero-order valence-electron chi connectivity index (χ0n) is 18.8. The van der Waals surface area contributed by atoms with Crippen LogP contribution < -0.4 is 5.32 Å². The topological polar surface area (TPSA) is 82.1 Å². The van der Waals surface area contributed by atoms with E-state index in [4.69, 9.17) is 4.74 Å². The van der Waals surface area contributed by atoms with Gasteiger partial charge in [-0.15, -0.1) is 0 Å². The highest BCUT2D eigenvalue weighted by Crippen LogP contribution is 2.43. The lowest BCUT2D eigenvalue weighted by atomic mass is 9.84. The molecule has 0 bridgehead atoms. The number of nitrogens with one attached hydrogen (secondary N) is 1. The lowest BCUT2D eigenvalue weighted by molar-refractivity contribution is -0.138. The predicted molar refractivity (Wildman–Crippen MR) is 123 cm³/mol. The van der Waals surface area contributed by atoms with Crippen LogP contribution in [0.15, 0.2) is 54.6 Å². The van der Waals surface area contributed by atoms with Crippen LogP contribution in [-0.4, -0.2) is 65.5 Å². The number of β-amino-alcohol motifs (C(OH)–C–C–N with tert-alkyl or cyclic N) is 1. The lowest BCUT2D eigenvalue weighted by Gasteiger charge is -2.39. The summed E-state index contributed by atoms with van der Waals surface area (Å²) in [7, 11) is 0. The molecule has 7 heteroatoms. The van der Waals surface area contributed by atoms with Crippen molar-refractivity contribution in [3.05, 3.63) is 71.3 Å². The van der Waals surface area contributed by atoms with Crippen molar-refractivity contribution >= 4 is 11.8 Å². The average Bonchev–Trinajstić information content (AvgIpc) is 3.44. The van der Waals surface area contributed by atoms with Crippen molar-refractivity contribution in [2.75, 3.05) is 32.7 Å². The molecule has 0 saturated carbocycles. The number of piperidine rings is 1. The van der Waals surface area contributed by atoms with Crippen molar-refractivity contribution in [3.8, 4) is 0 Å². The lowest BCUT2D eigenvalue weighted by Crippen LogP contribution is -2.49. The molecule has 0 aromatic heterocycles. The van der Waals surface area contributed by atoms with Gasteiger partial charge in [0.15, 0.2) is 0 Å². The van der Waals surface area contributed by atoms with E-state index in [1.807, 2.05) is 41.3 Å². The molecule has 2 aromatic carbocycles. The van der Waals surface area contributed by atoms with E-state index in [-0.39, 0.29) is 24.0 Å². The summed E-state index contributed by atoms with van der Waals surface area (Å²) in [6.45, 7) is 2.88. The van der Waals surface area contributed by atoms with Gasteiger partial charge >= 0.3 is 0 Å². The average molecular weight is 450 g/mol. The van der Waals surface area contributed by atoms with Crippen molar-refractivity contribution in [2.24, 2.45) is 0 Å². The summed E-state index contributed by atoms with van der Waals surface area (Å²) in [6.07, 6.45) is 1.67. The van der Waals surface area contributed by atoms with Crippen molar-refractivity contribution in [1.29, 1.82) is 0 Å². The maximum Gasteiger partial charge on any atom is 0.244 e. The van der Waals surface area contributed by atoms with E-state index in [2.05, 4.69) is 23.5 Å². The zero-order chi connectivity index (χ0) is 22.8. The van der Waals surface area contributed by atoms with Crippen molar-refractivity contribution in [1.82, 2.24) is 15.1 Å². The molecule has 3 heterocycles. The smallest absolute Gasteiger partial charge is 0.244 e. The summed E-state index contributed by atoms with van der Waals surface area (Å²) in [5.41, 5.74) is 3.05. The molecule has 0 radical (unpaired) electrons. The van der Waals surface area contributed by atoms with Crippen molar-refractivity contribution < 1.29 is 19.4 Å². The molecule has 33 heavy (non-hydrogen) atoms. The molecule has 3 aliphatic heterocycles. The van der Waals surface area contributed by atoms with Crippen molar-refractivity contribution in [3.63, 3.8) is 0 Å². The number of benzene rings is 2. The standard InChI is InChI=1S/C26H31N3O4/c30-21-10-13-29(17-21)25(32)24(19-6-2-1-3-7-19)27-16-23(31)28-14-11-26(12-15-28)22-9-5-4-8-20(22)18-33-26/h1-9,21,24,27,30H,10-18H2/t21?,24-/m1/s1. The third-order valence-electron chi connectivity index (χ3n) is 7.25. The van der Waals surface area contributed by atoms with E-state index in [0.717, 1.165) is 18.4 Å². The number of carbonyl (C=O) groups excluding carboxylic acids is 2. The molecule has 174 valence electrons.